The lowest BCUT2D eigenvalue weighted by atomic mass is 9.93. The number of carbonyl (C=O) groups excluding carboxylic acids is 1. The molecule has 0 spiro atoms. The fourth-order valence-electron chi connectivity index (χ4n) is 1.88. The molecule has 1 unspecified atom stereocenters. The zero-order valence-electron chi connectivity index (χ0n) is 9.85. The van der Waals surface area contributed by atoms with Gasteiger partial charge in [-0.25, -0.2) is 0 Å². The van der Waals surface area contributed by atoms with Gasteiger partial charge in [-0.1, -0.05) is 12.1 Å². The number of methoxy groups -OCH3 is 1. The van der Waals surface area contributed by atoms with Crippen molar-refractivity contribution in [1.29, 1.82) is 5.26 Å². The Morgan fingerprint density at radius 1 is 1.59 bits per heavy atom. The maximum absolute atomic E-state index is 12.0. The van der Waals surface area contributed by atoms with E-state index in [2.05, 4.69) is 6.07 Å². The number of Topliss-reactive ketones (excluding diaryl/α,β-unsaturated/α-hetero) is 1. The topological polar surface area (TPSA) is 50.1 Å². The molecule has 0 aliphatic heterocycles. The molecule has 1 fully saturated rings. The standard InChI is InChI=1S/C14H15NO2/c1-17-12-4-2-3-11(8-12)13(9-15)14(16)7-10-5-6-10/h2-4,8,10,13H,5-7H2,1H3. The van der Waals surface area contributed by atoms with Gasteiger partial charge in [-0.05, 0) is 36.5 Å². The molecular weight excluding hydrogens is 214 g/mol. The molecule has 88 valence electrons. The third-order valence-corrected chi connectivity index (χ3v) is 3.06. The number of benzene rings is 1. The highest BCUT2D eigenvalue weighted by Gasteiger charge is 2.29. The molecule has 0 bridgehead atoms. The van der Waals surface area contributed by atoms with Crippen molar-refractivity contribution in [2.45, 2.75) is 25.2 Å². The second kappa shape index (κ2) is 5.01. The van der Waals surface area contributed by atoms with E-state index in [0.29, 0.717) is 18.1 Å². The lowest BCUT2D eigenvalue weighted by Crippen LogP contribution is -2.11. The second-order valence-electron chi connectivity index (χ2n) is 4.45. The van der Waals surface area contributed by atoms with Gasteiger partial charge in [-0.15, -0.1) is 0 Å². The molecule has 1 aromatic carbocycles. The first-order valence-corrected chi connectivity index (χ1v) is 5.81. The average Bonchev–Trinajstić information content (AvgIpc) is 3.14. The number of hydrogen-bond acceptors (Lipinski definition) is 3. The van der Waals surface area contributed by atoms with E-state index in [1.54, 1.807) is 19.2 Å². The predicted molar refractivity (Wildman–Crippen MR) is 63.7 cm³/mol. The van der Waals surface area contributed by atoms with Crippen LogP contribution in [0.3, 0.4) is 0 Å². The summed E-state index contributed by atoms with van der Waals surface area (Å²) >= 11 is 0. The Morgan fingerprint density at radius 3 is 2.94 bits per heavy atom. The summed E-state index contributed by atoms with van der Waals surface area (Å²) in [5.74, 6) is 0.583. The largest absolute Gasteiger partial charge is 0.497 e. The van der Waals surface area contributed by atoms with Gasteiger partial charge < -0.3 is 4.74 Å². The van der Waals surface area contributed by atoms with Crippen molar-refractivity contribution in [3.63, 3.8) is 0 Å². The van der Waals surface area contributed by atoms with Crippen molar-refractivity contribution >= 4 is 5.78 Å². The molecule has 2 rings (SSSR count). The fraction of sp³-hybridized carbons (Fsp3) is 0.429. The van der Waals surface area contributed by atoms with Crippen LogP contribution in [0.15, 0.2) is 24.3 Å². The van der Waals surface area contributed by atoms with Gasteiger partial charge in [0, 0.05) is 6.42 Å². The van der Waals surface area contributed by atoms with Gasteiger partial charge in [-0.2, -0.15) is 5.26 Å². The minimum atomic E-state index is -0.648. The van der Waals surface area contributed by atoms with Gasteiger partial charge in [0.05, 0.1) is 13.2 Å². The van der Waals surface area contributed by atoms with E-state index in [0.717, 1.165) is 18.4 Å². The summed E-state index contributed by atoms with van der Waals surface area (Å²) in [6.07, 6.45) is 2.79. The highest BCUT2D eigenvalue weighted by molar-refractivity contribution is 5.88. The zero-order chi connectivity index (χ0) is 12.3. The maximum Gasteiger partial charge on any atom is 0.154 e. The maximum atomic E-state index is 12.0. The van der Waals surface area contributed by atoms with Crippen LogP contribution in [0.5, 0.6) is 5.75 Å². The van der Waals surface area contributed by atoms with Crippen LogP contribution in [-0.4, -0.2) is 12.9 Å². The number of nitriles is 1. The van der Waals surface area contributed by atoms with Crippen molar-refractivity contribution < 1.29 is 9.53 Å². The summed E-state index contributed by atoms with van der Waals surface area (Å²) in [5.41, 5.74) is 0.734. The Bertz CT molecular complexity index is 458. The molecule has 3 nitrogen and oxygen atoms in total. The number of ether oxygens (including phenoxy) is 1. The molecule has 0 amide bonds. The van der Waals surface area contributed by atoms with Gasteiger partial charge in [-0.3, -0.25) is 4.79 Å². The van der Waals surface area contributed by atoms with Crippen LogP contribution >= 0.6 is 0 Å². The molecule has 1 aliphatic rings. The monoisotopic (exact) mass is 229 g/mol. The smallest absolute Gasteiger partial charge is 0.154 e. The van der Waals surface area contributed by atoms with Gasteiger partial charge in [0.1, 0.15) is 11.7 Å². The third kappa shape index (κ3) is 2.85. The van der Waals surface area contributed by atoms with Crippen LogP contribution in [0.1, 0.15) is 30.7 Å². The predicted octanol–water partition coefficient (Wildman–Crippen LogP) is 2.67. The lowest BCUT2D eigenvalue weighted by molar-refractivity contribution is -0.119. The van der Waals surface area contributed by atoms with E-state index >= 15 is 0 Å². The Kier molecular flexibility index (Phi) is 3.43. The lowest BCUT2D eigenvalue weighted by Gasteiger charge is -2.09. The van der Waals surface area contributed by atoms with Crippen LogP contribution in [0, 0.1) is 17.2 Å². The SMILES string of the molecule is COc1cccc(C(C#N)C(=O)CC2CC2)c1. The third-order valence-electron chi connectivity index (χ3n) is 3.06. The molecular formula is C14H15NO2. The van der Waals surface area contributed by atoms with Crippen LogP contribution in [0.25, 0.3) is 0 Å². The highest BCUT2D eigenvalue weighted by atomic mass is 16.5. The number of nitrogens with zero attached hydrogens (tertiary/aromatic N) is 1. The van der Waals surface area contributed by atoms with E-state index in [4.69, 9.17) is 10.00 Å². The second-order valence-corrected chi connectivity index (χ2v) is 4.45. The number of hydrogen-bond donors (Lipinski definition) is 0. The number of carbonyl (C=O) groups is 1. The van der Waals surface area contributed by atoms with Crippen molar-refractivity contribution in [3.8, 4) is 11.8 Å². The van der Waals surface area contributed by atoms with Gasteiger partial charge in [0.25, 0.3) is 0 Å². The summed E-state index contributed by atoms with van der Waals surface area (Å²) in [6.45, 7) is 0. The molecule has 0 radical (unpaired) electrons. The van der Waals surface area contributed by atoms with Crippen LogP contribution < -0.4 is 4.74 Å². The summed E-state index contributed by atoms with van der Waals surface area (Å²) in [6, 6.07) is 9.28. The average molecular weight is 229 g/mol. The number of ketones is 1. The Balaban J connectivity index is 2.15. The van der Waals surface area contributed by atoms with Crippen molar-refractivity contribution in [2.24, 2.45) is 5.92 Å². The first-order valence-electron chi connectivity index (χ1n) is 5.81. The first kappa shape index (κ1) is 11.7. The zero-order valence-corrected chi connectivity index (χ0v) is 9.85. The minimum Gasteiger partial charge on any atom is -0.497 e. The van der Waals surface area contributed by atoms with Gasteiger partial charge >= 0.3 is 0 Å². The number of rotatable bonds is 5. The quantitative estimate of drug-likeness (QED) is 0.780. The fourth-order valence-corrected chi connectivity index (χ4v) is 1.88. The van der Waals surface area contributed by atoms with Gasteiger partial charge in [0.15, 0.2) is 5.78 Å². The molecule has 1 aliphatic carbocycles. The van der Waals surface area contributed by atoms with Crippen LogP contribution in [0.4, 0.5) is 0 Å². The van der Waals surface area contributed by atoms with E-state index in [1.165, 1.54) is 0 Å². The summed E-state index contributed by atoms with van der Waals surface area (Å²) in [4.78, 5) is 12.0. The minimum absolute atomic E-state index is 0.0308. The highest BCUT2D eigenvalue weighted by Crippen LogP contribution is 2.35. The Hall–Kier alpha value is -1.82. The van der Waals surface area contributed by atoms with Crippen LogP contribution in [0.2, 0.25) is 0 Å². The molecule has 1 saturated carbocycles. The summed E-state index contributed by atoms with van der Waals surface area (Å²) < 4.78 is 5.10. The van der Waals surface area contributed by atoms with Crippen molar-refractivity contribution in [1.82, 2.24) is 0 Å². The molecule has 0 saturated heterocycles. The summed E-state index contributed by atoms with van der Waals surface area (Å²) in [5, 5.41) is 9.14. The molecule has 0 heterocycles. The molecule has 0 aromatic heterocycles. The van der Waals surface area contributed by atoms with E-state index < -0.39 is 5.92 Å². The summed E-state index contributed by atoms with van der Waals surface area (Å²) in [7, 11) is 1.58. The van der Waals surface area contributed by atoms with Gasteiger partial charge in [0.2, 0.25) is 0 Å². The molecule has 1 atom stereocenters. The van der Waals surface area contributed by atoms with Crippen LogP contribution in [-0.2, 0) is 4.79 Å². The Morgan fingerprint density at radius 2 is 2.35 bits per heavy atom. The van der Waals surface area contributed by atoms with Crippen molar-refractivity contribution in [3.05, 3.63) is 29.8 Å². The molecule has 3 heteroatoms. The first-order chi connectivity index (χ1) is 8.24. The van der Waals surface area contributed by atoms with E-state index in [1.807, 2.05) is 12.1 Å². The molecule has 0 N–H and O–H groups in total. The molecule has 1 aromatic rings. The van der Waals surface area contributed by atoms with Crippen molar-refractivity contribution in [2.75, 3.05) is 7.11 Å². The normalized spacial score (nSPS) is 16.0. The van der Waals surface area contributed by atoms with E-state index in [-0.39, 0.29) is 5.78 Å². The Labute approximate surface area is 101 Å². The molecule has 17 heavy (non-hydrogen) atoms. The van der Waals surface area contributed by atoms with E-state index in [9.17, 15) is 4.79 Å².